The Kier molecular flexibility index (Phi) is 7.85. The average Bonchev–Trinajstić information content (AvgIpc) is 2.51. The fraction of sp³-hybridized carbons (Fsp3) is 0.400. The zero-order valence-corrected chi connectivity index (χ0v) is 14.4. The summed E-state index contributed by atoms with van der Waals surface area (Å²) in [6.45, 7) is 2.10. The van der Waals surface area contributed by atoms with Crippen LogP contribution < -0.4 is 5.32 Å². The number of amides is 2. The summed E-state index contributed by atoms with van der Waals surface area (Å²) in [5.74, 6) is -0.922. The van der Waals surface area contributed by atoms with Crippen LogP contribution in [0.1, 0.15) is 23.7 Å². The Morgan fingerprint density at radius 2 is 1.87 bits per heavy atom. The highest BCUT2D eigenvalue weighted by molar-refractivity contribution is 6.42. The molecule has 0 fully saturated rings. The van der Waals surface area contributed by atoms with Crippen LogP contribution in [0.4, 0.5) is 0 Å². The summed E-state index contributed by atoms with van der Waals surface area (Å²) in [4.78, 5) is 36.2. The summed E-state index contributed by atoms with van der Waals surface area (Å²) in [7, 11) is 1.28. The third-order valence-corrected chi connectivity index (χ3v) is 3.76. The molecule has 0 aromatic heterocycles. The van der Waals surface area contributed by atoms with Gasteiger partial charge < -0.3 is 15.0 Å². The maximum Gasteiger partial charge on any atom is 0.307 e. The number of halogens is 2. The quantitative estimate of drug-likeness (QED) is 0.755. The van der Waals surface area contributed by atoms with Gasteiger partial charge in [0.1, 0.15) is 0 Å². The molecule has 126 valence electrons. The van der Waals surface area contributed by atoms with E-state index in [1.807, 2.05) is 0 Å². The number of esters is 1. The number of methoxy groups -OCH3 is 1. The van der Waals surface area contributed by atoms with Gasteiger partial charge in [-0.15, -0.1) is 0 Å². The van der Waals surface area contributed by atoms with Crippen molar-refractivity contribution in [1.82, 2.24) is 10.2 Å². The molecular weight excluding hydrogens is 343 g/mol. The van der Waals surface area contributed by atoms with Crippen LogP contribution in [-0.4, -0.2) is 49.4 Å². The lowest BCUT2D eigenvalue weighted by molar-refractivity contribution is -0.140. The molecule has 0 saturated carbocycles. The second kappa shape index (κ2) is 9.37. The fourth-order valence-electron chi connectivity index (χ4n) is 1.82. The van der Waals surface area contributed by atoms with E-state index in [0.29, 0.717) is 10.6 Å². The zero-order valence-electron chi connectivity index (χ0n) is 12.9. The van der Waals surface area contributed by atoms with Gasteiger partial charge in [-0.05, 0) is 18.2 Å². The van der Waals surface area contributed by atoms with Crippen molar-refractivity contribution < 1.29 is 19.1 Å². The fourth-order valence-corrected chi connectivity index (χ4v) is 2.12. The van der Waals surface area contributed by atoms with E-state index in [-0.39, 0.29) is 42.9 Å². The summed E-state index contributed by atoms with van der Waals surface area (Å²) in [5, 5.41) is 3.23. The third kappa shape index (κ3) is 6.46. The van der Waals surface area contributed by atoms with Crippen LogP contribution in [0.15, 0.2) is 18.2 Å². The summed E-state index contributed by atoms with van der Waals surface area (Å²) < 4.78 is 4.58. The average molecular weight is 361 g/mol. The molecule has 0 aliphatic heterocycles. The standard InChI is InChI=1S/C15H18Cl2N2O4/c1-10(20)18-6-8-19(7-5-14(21)23-2)15(22)11-3-4-12(16)13(17)9-11/h3-4,9H,5-8H2,1-2H3,(H,18,20). The number of carbonyl (C=O) groups is 3. The second-order valence-corrected chi connectivity index (χ2v) is 5.54. The molecule has 0 spiro atoms. The molecule has 0 unspecified atom stereocenters. The molecule has 1 aromatic carbocycles. The molecule has 23 heavy (non-hydrogen) atoms. The van der Waals surface area contributed by atoms with Gasteiger partial charge >= 0.3 is 5.97 Å². The van der Waals surface area contributed by atoms with E-state index in [0.717, 1.165) is 0 Å². The molecule has 0 radical (unpaired) electrons. The number of hydrogen-bond acceptors (Lipinski definition) is 4. The molecule has 1 aromatic rings. The minimum Gasteiger partial charge on any atom is -0.469 e. The Balaban J connectivity index is 2.82. The Morgan fingerprint density at radius 1 is 1.17 bits per heavy atom. The Hall–Kier alpha value is -1.79. The minimum atomic E-state index is -0.420. The molecule has 6 nitrogen and oxygen atoms in total. The van der Waals surface area contributed by atoms with Crippen LogP contribution in [0.2, 0.25) is 10.0 Å². The number of ether oxygens (including phenoxy) is 1. The van der Waals surface area contributed by atoms with Crippen LogP contribution in [0.25, 0.3) is 0 Å². The van der Waals surface area contributed by atoms with Gasteiger partial charge in [-0.3, -0.25) is 14.4 Å². The number of hydrogen-bond donors (Lipinski definition) is 1. The Labute approximate surface area is 144 Å². The first-order valence-electron chi connectivity index (χ1n) is 6.90. The molecular formula is C15H18Cl2N2O4. The molecule has 0 bridgehead atoms. The molecule has 0 aliphatic carbocycles. The molecule has 2 amide bonds. The van der Waals surface area contributed by atoms with Gasteiger partial charge in [0, 0.05) is 32.1 Å². The first-order chi connectivity index (χ1) is 10.8. The predicted molar refractivity (Wildman–Crippen MR) is 87.7 cm³/mol. The van der Waals surface area contributed by atoms with E-state index in [1.165, 1.54) is 31.1 Å². The van der Waals surface area contributed by atoms with Crippen molar-refractivity contribution in [2.75, 3.05) is 26.7 Å². The molecule has 0 heterocycles. The van der Waals surface area contributed by atoms with Crippen LogP contribution in [0, 0.1) is 0 Å². The van der Waals surface area contributed by atoms with Crippen LogP contribution in [-0.2, 0) is 14.3 Å². The Bertz CT molecular complexity index is 593. The molecule has 0 saturated heterocycles. The lowest BCUT2D eigenvalue weighted by Gasteiger charge is -2.22. The molecule has 1 N–H and O–H groups in total. The molecule has 8 heteroatoms. The van der Waals surface area contributed by atoms with Gasteiger partial charge in [0.15, 0.2) is 0 Å². The summed E-state index contributed by atoms with van der Waals surface area (Å²) >= 11 is 11.8. The minimum absolute atomic E-state index is 0.0592. The number of rotatable bonds is 7. The SMILES string of the molecule is COC(=O)CCN(CCNC(C)=O)C(=O)c1ccc(Cl)c(Cl)c1. The van der Waals surface area contributed by atoms with Crippen molar-refractivity contribution in [3.8, 4) is 0 Å². The van der Waals surface area contributed by atoms with E-state index in [4.69, 9.17) is 23.2 Å². The van der Waals surface area contributed by atoms with Crippen LogP contribution >= 0.6 is 23.2 Å². The first kappa shape index (κ1) is 19.3. The molecule has 0 atom stereocenters. The maximum atomic E-state index is 12.5. The number of nitrogens with zero attached hydrogens (tertiary/aromatic N) is 1. The van der Waals surface area contributed by atoms with Crippen LogP contribution in [0.5, 0.6) is 0 Å². The van der Waals surface area contributed by atoms with E-state index >= 15 is 0 Å². The van der Waals surface area contributed by atoms with Gasteiger partial charge in [0.2, 0.25) is 5.91 Å². The van der Waals surface area contributed by atoms with Crippen LogP contribution in [0.3, 0.4) is 0 Å². The van der Waals surface area contributed by atoms with Gasteiger partial charge in [-0.2, -0.15) is 0 Å². The lowest BCUT2D eigenvalue weighted by Crippen LogP contribution is -2.39. The van der Waals surface area contributed by atoms with Gasteiger partial charge in [-0.25, -0.2) is 0 Å². The van der Waals surface area contributed by atoms with E-state index in [9.17, 15) is 14.4 Å². The van der Waals surface area contributed by atoms with Crippen molar-refractivity contribution in [3.63, 3.8) is 0 Å². The number of nitrogens with one attached hydrogen (secondary N) is 1. The highest BCUT2D eigenvalue weighted by Crippen LogP contribution is 2.23. The van der Waals surface area contributed by atoms with Gasteiger partial charge in [-0.1, -0.05) is 23.2 Å². The van der Waals surface area contributed by atoms with Crippen molar-refractivity contribution in [1.29, 1.82) is 0 Å². The highest BCUT2D eigenvalue weighted by atomic mass is 35.5. The van der Waals surface area contributed by atoms with E-state index in [2.05, 4.69) is 10.1 Å². The summed E-state index contributed by atoms with van der Waals surface area (Å²) in [5.41, 5.74) is 0.354. The first-order valence-corrected chi connectivity index (χ1v) is 7.66. The monoisotopic (exact) mass is 360 g/mol. The Morgan fingerprint density at radius 3 is 2.43 bits per heavy atom. The topological polar surface area (TPSA) is 75.7 Å². The van der Waals surface area contributed by atoms with Crippen molar-refractivity contribution in [2.24, 2.45) is 0 Å². The largest absolute Gasteiger partial charge is 0.469 e. The predicted octanol–water partition coefficient (Wildman–Crippen LogP) is 2.13. The van der Waals surface area contributed by atoms with Gasteiger partial charge in [0.05, 0.1) is 23.6 Å². The molecule has 1 rings (SSSR count). The van der Waals surface area contributed by atoms with E-state index in [1.54, 1.807) is 6.07 Å². The maximum absolute atomic E-state index is 12.5. The number of benzene rings is 1. The number of carbonyl (C=O) groups excluding carboxylic acids is 3. The normalized spacial score (nSPS) is 10.1. The zero-order chi connectivity index (χ0) is 17.4. The van der Waals surface area contributed by atoms with Crippen molar-refractivity contribution >= 4 is 41.0 Å². The third-order valence-electron chi connectivity index (χ3n) is 3.02. The molecule has 0 aliphatic rings. The lowest BCUT2D eigenvalue weighted by atomic mass is 10.2. The highest BCUT2D eigenvalue weighted by Gasteiger charge is 2.18. The smallest absolute Gasteiger partial charge is 0.307 e. The van der Waals surface area contributed by atoms with E-state index < -0.39 is 5.97 Å². The van der Waals surface area contributed by atoms with Gasteiger partial charge in [0.25, 0.3) is 5.91 Å². The second-order valence-electron chi connectivity index (χ2n) is 4.73. The van der Waals surface area contributed by atoms with Crippen molar-refractivity contribution in [2.45, 2.75) is 13.3 Å². The summed E-state index contributed by atoms with van der Waals surface area (Å²) in [6, 6.07) is 4.55. The summed E-state index contributed by atoms with van der Waals surface area (Å²) in [6.07, 6.45) is 0.0592. The van der Waals surface area contributed by atoms with Crippen molar-refractivity contribution in [3.05, 3.63) is 33.8 Å².